The molecule has 0 saturated heterocycles. The molecule has 23 heavy (non-hydrogen) atoms. The predicted octanol–water partition coefficient (Wildman–Crippen LogP) is 3.49. The van der Waals surface area contributed by atoms with E-state index in [4.69, 9.17) is 0 Å². The third kappa shape index (κ3) is 2.90. The fourth-order valence-electron chi connectivity index (χ4n) is 2.48. The van der Waals surface area contributed by atoms with Gasteiger partial charge in [-0.3, -0.25) is 14.5 Å². The zero-order chi connectivity index (χ0) is 16.4. The number of anilines is 1. The summed E-state index contributed by atoms with van der Waals surface area (Å²) in [6.07, 6.45) is 0.683. The van der Waals surface area contributed by atoms with Crippen molar-refractivity contribution in [2.24, 2.45) is 0 Å². The predicted molar refractivity (Wildman–Crippen MR) is 88.3 cm³/mol. The maximum absolute atomic E-state index is 13.4. The Kier molecular flexibility index (Phi) is 4.25. The maximum Gasteiger partial charge on any atom is 0.278 e. The van der Waals surface area contributed by atoms with Gasteiger partial charge >= 0.3 is 0 Å². The molecule has 0 unspecified atom stereocenters. The van der Waals surface area contributed by atoms with Gasteiger partial charge < -0.3 is 5.32 Å². The number of rotatable bonds is 5. The van der Waals surface area contributed by atoms with E-state index in [1.807, 2.05) is 18.4 Å². The molecule has 0 spiro atoms. The van der Waals surface area contributed by atoms with Crippen LogP contribution in [0.3, 0.4) is 0 Å². The van der Waals surface area contributed by atoms with Crippen LogP contribution in [0, 0.1) is 5.82 Å². The first-order chi connectivity index (χ1) is 11.1. The first kappa shape index (κ1) is 15.4. The topological polar surface area (TPSA) is 49.4 Å². The van der Waals surface area contributed by atoms with Crippen LogP contribution >= 0.6 is 11.3 Å². The number of nitrogens with zero attached hydrogens (tertiary/aromatic N) is 1. The van der Waals surface area contributed by atoms with Gasteiger partial charge in [0, 0.05) is 17.1 Å². The molecular formula is C17H15FN2O2S. The molecule has 6 heteroatoms. The van der Waals surface area contributed by atoms with Gasteiger partial charge in [-0.15, -0.1) is 11.3 Å². The lowest BCUT2D eigenvalue weighted by Crippen LogP contribution is -2.33. The molecular weight excluding hydrogens is 315 g/mol. The van der Waals surface area contributed by atoms with Crippen LogP contribution in [0.5, 0.6) is 0 Å². The number of hydrogen-bond donors (Lipinski definition) is 1. The number of imide groups is 1. The quantitative estimate of drug-likeness (QED) is 0.854. The molecule has 0 atom stereocenters. The zero-order valence-corrected chi connectivity index (χ0v) is 13.3. The highest BCUT2D eigenvalue weighted by Crippen LogP contribution is 2.32. The highest BCUT2D eigenvalue weighted by molar-refractivity contribution is 7.11. The van der Waals surface area contributed by atoms with E-state index in [2.05, 4.69) is 5.32 Å². The minimum absolute atomic E-state index is 0.205. The summed E-state index contributed by atoms with van der Waals surface area (Å²) < 4.78 is 13.4. The molecule has 0 aliphatic carbocycles. The van der Waals surface area contributed by atoms with Crippen LogP contribution in [0.1, 0.15) is 18.2 Å². The Balaban J connectivity index is 2.04. The van der Waals surface area contributed by atoms with Gasteiger partial charge in [-0.2, -0.15) is 0 Å². The number of halogens is 1. The van der Waals surface area contributed by atoms with Crippen LogP contribution < -0.4 is 5.32 Å². The molecule has 1 aromatic heterocycles. The summed E-state index contributed by atoms with van der Waals surface area (Å²) >= 11 is 1.39. The third-order valence-corrected chi connectivity index (χ3v) is 4.36. The number of benzene rings is 1. The smallest absolute Gasteiger partial charge is 0.278 e. The molecule has 118 valence electrons. The lowest BCUT2D eigenvalue weighted by molar-refractivity contribution is -0.136. The van der Waals surface area contributed by atoms with Crippen molar-refractivity contribution in [3.05, 3.63) is 58.2 Å². The van der Waals surface area contributed by atoms with E-state index in [1.54, 1.807) is 18.2 Å². The Morgan fingerprint density at radius 3 is 2.65 bits per heavy atom. The molecule has 3 rings (SSSR count). The maximum atomic E-state index is 13.4. The number of carbonyl (C=O) groups excluding carboxylic acids is 2. The van der Waals surface area contributed by atoms with Crippen LogP contribution in [0.2, 0.25) is 0 Å². The number of carbonyl (C=O) groups is 2. The van der Waals surface area contributed by atoms with Crippen molar-refractivity contribution in [3.63, 3.8) is 0 Å². The Morgan fingerprint density at radius 1 is 1.17 bits per heavy atom. The Hall–Kier alpha value is -2.47. The summed E-state index contributed by atoms with van der Waals surface area (Å²) in [5.41, 5.74) is 0.993. The van der Waals surface area contributed by atoms with Crippen LogP contribution in [-0.4, -0.2) is 23.3 Å². The largest absolute Gasteiger partial charge is 0.350 e. The summed E-state index contributed by atoms with van der Waals surface area (Å²) in [6, 6.07) is 9.45. The SMILES string of the molecule is CCCN1C(=O)C(Nc2cccc(F)c2)=C(c2cccs2)C1=O. The molecule has 0 bridgehead atoms. The second-order valence-electron chi connectivity index (χ2n) is 5.12. The number of thiophene rings is 1. The average molecular weight is 330 g/mol. The van der Waals surface area contributed by atoms with E-state index >= 15 is 0 Å². The number of hydrogen-bond acceptors (Lipinski definition) is 4. The average Bonchev–Trinajstić information content (AvgIpc) is 3.11. The van der Waals surface area contributed by atoms with Crippen molar-refractivity contribution < 1.29 is 14.0 Å². The summed E-state index contributed by atoms with van der Waals surface area (Å²) in [7, 11) is 0. The summed E-state index contributed by atoms with van der Waals surface area (Å²) in [6.45, 7) is 2.27. The van der Waals surface area contributed by atoms with E-state index in [1.165, 1.54) is 28.4 Å². The summed E-state index contributed by atoms with van der Waals surface area (Å²) in [4.78, 5) is 27.2. The number of nitrogens with one attached hydrogen (secondary N) is 1. The molecule has 1 aromatic carbocycles. The van der Waals surface area contributed by atoms with Crippen molar-refractivity contribution in [1.29, 1.82) is 0 Å². The molecule has 2 amide bonds. The second-order valence-corrected chi connectivity index (χ2v) is 6.07. The van der Waals surface area contributed by atoms with E-state index in [9.17, 15) is 14.0 Å². The van der Waals surface area contributed by atoms with E-state index < -0.39 is 5.82 Å². The lowest BCUT2D eigenvalue weighted by atomic mass is 10.2. The monoisotopic (exact) mass is 330 g/mol. The highest BCUT2D eigenvalue weighted by atomic mass is 32.1. The molecule has 2 aromatic rings. The van der Waals surface area contributed by atoms with Crippen molar-refractivity contribution in [3.8, 4) is 0 Å². The van der Waals surface area contributed by atoms with Crippen molar-refractivity contribution in [1.82, 2.24) is 4.90 Å². The van der Waals surface area contributed by atoms with Crippen molar-refractivity contribution in [2.75, 3.05) is 11.9 Å². The molecule has 1 aliphatic rings. The van der Waals surface area contributed by atoms with Crippen molar-refractivity contribution in [2.45, 2.75) is 13.3 Å². The molecule has 0 fully saturated rings. The molecule has 1 N–H and O–H groups in total. The van der Waals surface area contributed by atoms with Crippen LogP contribution in [-0.2, 0) is 9.59 Å². The normalized spacial score (nSPS) is 14.8. The van der Waals surface area contributed by atoms with Crippen LogP contribution in [0.4, 0.5) is 10.1 Å². The first-order valence-corrected chi connectivity index (χ1v) is 8.16. The molecule has 1 aliphatic heterocycles. The number of amides is 2. The Labute approximate surface area is 137 Å². The standard InChI is InChI=1S/C17H15FN2O2S/c1-2-8-20-16(21)14(13-7-4-9-23-13)15(17(20)22)19-12-6-3-5-11(18)10-12/h3-7,9-10,19H,2,8H2,1H3. The highest BCUT2D eigenvalue weighted by Gasteiger charge is 2.39. The van der Waals surface area contributed by atoms with E-state index in [0.717, 1.165) is 4.88 Å². The lowest BCUT2D eigenvalue weighted by Gasteiger charge is -2.13. The van der Waals surface area contributed by atoms with Crippen LogP contribution in [0.15, 0.2) is 47.5 Å². The molecule has 0 saturated carbocycles. The van der Waals surface area contributed by atoms with Gasteiger partial charge in [0.1, 0.15) is 11.5 Å². The fraction of sp³-hybridized carbons (Fsp3) is 0.176. The first-order valence-electron chi connectivity index (χ1n) is 7.28. The van der Waals surface area contributed by atoms with Gasteiger partial charge in [-0.25, -0.2) is 4.39 Å². The van der Waals surface area contributed by atoms with Gasteiger partial charge in [-0.1, -0.05) is 19.1 Å². The summed E-state index contributed by atoms with van der Waals surface area (Å²) in [5, 5.41) is 4.77. The minimum Gasteiger partial charge on any atom is -0.350 e. The minimum atomic E-state index is -0.407. The molecule has 2 heterocycles. The Morgan fingerprint density at radius 2 is 2.00 bits per heavy atom. The van der Waals surface area contributed by atoms with Crippen molar-refractivity contribution >= 4 is 34.4 Å². The van der Waals surface area contributed by atoms with E-state index in [-0.39, 0.29) is 17.5 Å². The van der Waals surface area contributed by atoms with Gasteiger partial charge in [-0.05, 0) is 36.1 Å². The van der Waals surface area contributed by atoms with Crippen LogP contribution in [0.25, 0.3) is 5.57 Å². The van der Waals surface area contributed by atoms with Gasteiger partial charge in [0.15, 0.2) is 0 Å². The second kappa shape index (κ2) is 6.34. The summed E-state index contributed by atoms with van der Waals surface area (Å²) in [5.74, 6) is -1.09. The van der Waals surface area contributed by atoms with Gasteiger partial charge in [0.05, 0.1) is 5.57 Å². The molecule has 0 radical (unpaired) electrons. The van der Waals surface area contributed by atoms with Gasteiger partial charge in [0.2, 0.25) is 0 Å². The molecule has 4 nitrogen and oxygen atoms in total. The fourth-order valence-corrected chi connectivity index (χ4v) is 3.25. The van der Waals surface area contributed by atoms with E-state index in [0.29, 0.717) is 24.2 Å². The zero-order valence-electron chi connectivity index (χ0n) is 12.5. The third-order valence-electron chi connectivity index (χ3n) is 3.48. The van der Waals surface area contributed by atoms with Gasteiger partial charge in [0.25, 0.3) is 11.8 Å². The Bertz CT molecular complexity index is 784.